The van der Waals surface area contributed by atoms with Gasteiger partial charge in [0.1, 0.15) is 5.69 Å². The quantitative estimate of drug-likeness (QED) is 0.908. The van der Waals surface area contributed by atoms with E-state index in [0.29, 0.717) is 17.7 Å². The van der Waals surface area contributed by atoms with Crippen LogP contribution in [-0.2, 0) is 0 Å². The van der Waals surface area contributed by atoms with Crippen LogP contribution in [0.5, 0.6) is 0 Å². The van der Waals surface area contributed by atoms with Gasteiger partial charge >= 0.3 is 0 Å². The number of rotatable bonds is 4. The Morgan fingerprint density at radius 1 is 1.67 bits per heavy atom. The average molecular weight is 267 g/mol. The summed E-state index contributed by atoms with van der Waals surface area (Å²) >= 11 is 1.59. The molecule has 1 aliphatic rings. The first-order chi connectivity index (χ1) is 8.63. The zero-order valence-corrected chi connectivity index (χ0v) is 12.1. The van der Waals surface area contributed by atoms with E-state index in [0.717, 1.165) is 30.9 Å². The Bertz CT molecular complexity index is 416. The number of hydrogen-bond acceptors (Lipinski definition) is 4. The van der Waals surface area contributed by atoms with Crippen molar-refractivity contribution >= 4 is 17.2 Å². The van der Waals surface area contributed by atoms with Gasteiger partial charge in [-0.25, -0.2) is 4.98 Å². The summed E-state index contributed by atoms with van der Waals surface area (Å²) in [5.41, 5.74) is 0.617. The van der Waals surface area contributed by atoms with Crippen LogP contribution in [0.4, 0.5) is 0 Å². The molecule has 1 atom stereocenters. The minimum atomic E-state index is 0.0934. The predicted octanol–water partition coefficient (Wildman–Crippen LogP) is 2.09. The second-order valence-electron chi connectivity index (χ2n) is 5.08. The fraction of sp³-hybridized carbons (Fsp3) is 0.692. The summed E-state index contributed by atoms with van der Waals surface area (Å²) in [6, 6.07) is 0.326. The van der Waals surface area contributed by atoms with Gasteiger partial charge in [-0.2, -0.15) is 0 Å². The number of likely N-dealkylation sites (tertiary alicyclic amines) is 1. The number of carbonyl (C=O) groups is 1. The summed E-state index contributed by atoms with van der Waals surface area (Å²) in [5.74, 6) is 0.485. The highest BCUT2D eigenvalue weighted by Crippen LogP contribution is 2.23. The minimum absolute atomic E-state index is 0.0934. The fourth-order valence-electron chi connectivity index (χ4n) is 2.35. The van der Waals surface area contributed by atoms with Crippen molar-refractivity contribution in [1.29, 1.82) is 0 Å². The van der Waals surface area contributed by atoms with Gasteiger partial charge < -0.3 is 10.2 Å². The van der Waals surface area contributed by atoms with Crippen LogP contribution in [0.25, 0.3) is 0 Å². The molecular weight excluding hydrogens is 246 g/mol. The summed E-state index contributed by atoms with van der Waals surface area (Å²) in [7, 11) is 1.93. The van der Waals surface area contributed by atoms with E-state index in [2.05, 4.69) is 24.1 Å². The van der Waals surface area contributed by atoms with Crippen LogP contribution in [0.2, 0.25) is 0 Å². The van der Waals surface area contributed by atoms with Crippen molar-refractivity contribution in [3.05, 3.63) is 16.1 Å². The van der Waals surface area contributed by atoms with E-state index in [9.17, 15) is 4.79 Å². The molecule has 0 saturated carbocycles. The van der Waals surface area contributed by atoms with Crippen LogP contribution in [0.1, 0.15) is 48.1 Å². The summed E-state index contributed by atoms with van der Waals surface area (Å²) in [4.78, 5) is 18.8. The molecule has 5 heteroatoms. The Hall–Kier alpha value is -0.940. The molecule has 1 N–H and O–H groups in total. The molecule has 1 amide bonds. The Morgan fingerprint density at radius 3 is 3.06 bits per heavy atom. The Labute approximate surface area is 112 Å². The molecule has 0 aromatic carbocycles. The summed E-state index contributed by atoms with van der Waals surface area (Å²) in [6.45, 7) is 5.94. The van der Waals surface area contributed by atoms with Gasteiger partial charge in [-0.1, -0.05) is 13.8 Å². The SMILES string of the molecule is CNCC1CCCN1C(=O)c1csc(C(C)C)n1. The van der Waals surface area contributed by atoms with E-state index < -0.39 is 0 Å². The van der Waals surface area contributed by atoms with Crippen LogP contribution in [-0.4, -0.2) is 42.0 Å². The fourth-order valence-corrected chi connectivity index (χ4v) is 3.16. The van der Waals surface area contributed by atoms with E-state index in [1.165, 1.54) is 0 Å². The topological polar surface area (TPSA) is 45.2 Å². The van der Waals surface area contributed by atoms with Gasteiger partial charge in [0, 0.05) is 30.4 Å². The smallest absolute Gasteiger partial charge is 0.273 e. The van der Waals surface area contributed by atoms with Crippen molar-refractivity contribution in [2.24, 2.45) is 0 Å². The Balaban J connectivity index is 2.09. The molecule has 1 aliphatic heterocycles. The van der Waals surface area contributed by atoms with Crippen LogP contribution < -0.4 is 5.32 Å². The van der Waals surface area contributed by atoms with Gasteiger partial charge in [0.15, 0.2) is 0 Å². The zero-order chi connectivity index (χ0) is 13.1. The molecule has 2 rings (SSSR count). The largest absolute Gasteiger partial charge is 0.333 e. The second kappa shape index (κ2) is 5.80. The van der Waals surface area contributed by atoms with Gasteiger partial charge in [-0.3, -0.25) is 4.79 Å². The second-order valence-corrected chi connectivity index (χ2v) is 5.97. The number of nitrogens with zero attached hydrogens (tertiary/aromatic N) is 2. The van der Waals surface area contributed by atoms with Crippen LogP contribution in [0, 0.1) is 0 Å². The summed E-state index contributed by atoms with van der Waals surface area (Å²) < 4.78 is 0. The molecular formula is C13H21N3OS. The lowest BCUT2D eigenvalue weighted by molar-refractivity contribution is 0.0731. The van der Waals surface area contributed by atoms with Crippen molar-refractivity contribution in [2.75, 3.05) is 20.1 Å². The number of aromatic nitrogens is 1. The maximum absolute atomic E-state index is 12.4. The van der Waals surface area contributed by atoms with E-state index in [1.54, 1.807) is 11.3 Å². The van der Waals surface area contributed by atoms with Crippen molar-refractivity contribution in [1.82, 2.24) is 15.2 Å². The van der Waals surface area contributed by atoms with Crippen LogP contribution >= 0.6 is 11.3 Å². The lowest BCUT2D eigenvalue weighted by Crippen LogP contribution is -2.41. The third-order valence-corrected chi connectivity index (χ3v) is 4.46. The van der Waals surface area contributed by atoms with E-state index in [-0.39, 0.29) is 5.91 Å². The summed E-state index contributed by atoms with van der Waals surface area (Å²) in [6.07, 6.45) is 2.19. The normalized spacial score (nSPS) is 19.8. The van der Waals surface area contributed by atoms with Gasteiger partial charge in [0.05, 0.1) is 5.01 Å². The molecule has 0 spiro atoms. The highest BCUT2D eigenvalue weighted by Gasteiger charge is 2.30. The standard InChI is InChI=1S/C13H21N3OS/c1-9(2)12-15-11(8-18-12)13(17)16-6-4-5-10(16)7-14-3/h8-10,14H,4-7H2,1-3H3. The molecule has 1 saturated heterocycles. The first kappa shape index (κ1) is 13.5. The molecule has 0 bridgehead atoms. The third-order valence-electron chi connectivity index (χ3n) is 3.31. The molecule has 4 nitrogen and oxygen atoms in total. The van der Waals surface area contributed by atoms with E-state index >= 15 is 0 Å². The molecule has 0 radical (unpaired) electrons. The Kier molecular flexibility index (Phi) is 4.35. The van der Waals surface area contributed by atoms with Crippen LogP contribution in [0.15, 0.2) is 5.38 Å². The first-order valence-electron chi connectivity index (χ1n) is 6.54. The van der Waals surface area contributed by atoms with Gasteiger partial charge in [-0.05, 0) is 19.9 Å². The number of amides is 1. The minimum Gasteiger partial charge on any atom is -0.333 e. The van der Waals surface area contributed by atoms with Gasteiger partial charge in [-0.15, -0.1) is 11.3 Å². The molecule has 1 unspecified atom stereocenters. The number of hydrogen-bond donors (Lipinski definition) is 1. The lowest BCUT2D eigenvalue weighted by Gasteiger charge is -2.23. The molecule has 1 aromatic heterocycles. The molecule has 1 fully saturated rings. The van der Waals surface area contributed by atoms with E-state index in [1.807, 2.05) is 17.3 Å². The molecule has 2 heterocycles. The van der Waals surface area contributed by atoms with Crippen LogP contribution in [0.3, 0.4) is 0 Å². The zero-order valence-electron chi connectivity index (χ0n) is 11.3. The maximum atomic E-state index is 12.4. The highest BCUT2D eigenvalue weighted by atomic mass is 32.1. The molecule has 100 valence electrons. The predicted molar refractivity (Wildman–Crippen MR) is 74.2 cm³/mol. The van der Waals surface area contributed by atoms with Crippen molar-refractivity contribution in [3.63, 3.8) is 0 Å². The summed E-state index contributed by atoms with van der Waals surface area (Å²) in [5, 5.41) is 6.10. The maximum Gasteiger partial charge on any atom is 0.273 e. The number of nitrogens with one attached hydrogen (secondary N) is 1. The van der Waals surface area contributed by atoms with Gasteiger partial charge in [0.2, 0.25) is 0 Å². The van der Waals surface area contributed by atoms with Crippen molar-refractivity contribution in [3.8, 4) is 0 Å². The number of likely N-dealkylation sites (N-methyl/N-ethyl adjacent to an activating group) is 1. The third kappa shape index (κ3) is 2.72. The Morgan fingerprint density at radius 2 is 2.44 bits per heavy atom. The molecule has 1 aromatic rings. The van der Waals surface area contributed by atoms with Gasteiger partial charge in [0.25, 0.3) is 5.91 Å². The molecule has 0 aliphatic carbocycles. The van der Waals surface area contributed by atoms with Crippen molar-refractivity contribution in [2.45, 2.75) is 38.6 Å². The first-order valence-corrected chi connectivity index (χ1v) is 7.42. The average Bonchev–Trinajstić information content (AvgIpc) is 2.97. The highest BCUT2D eigenvalue weighted by molar-refractivity contribution is 7.09. The van der Waals surface area contributed by atoms with Crippen molar-refractivity contribution < 1.29 is 4.79 Å². The molecule has 18 heavy (non-hydrogen) atoms. The monoisotopic (exact) mass is 267 g/mol. The van der Waals surface area contributed by atoms with E-state index in [4.69, 9.17) is 0 Å². The number of carbonyl (C=O) groups excluding carboxylic acids is 1. The lowest BCUT2D eigenvalue weighted by atomic mass is 10.2. The number of thiazole rings is 1.